The van der Waals surface area contributed by atoms with E-state index in [1.165, 1.54) is 0 Å². The van der Waals surface area contributed by atoms with Gasteiger partial charge < -0.3 is 10.4 Å². The summed E-state index contributed by atoms with van der Waals surface area (Å²) in [6.07, 6.45) is 0.854. The molecule has 1 heterocycles. The van der Waals surface area contributed by atoms with Crippen molar-refractivity contribution in [2.45, 2.75) is 19.8 Å². The van der Waals surface area contributed by atoms with Crippen LogP contribution in [0, 0.1) is 16.7 Å². The lowest BCUT2D eigenvalue weighted by molar-refractivity contribution is -0.147. The summed E-state index contributed by atoms with van der Waals surface area (Å²) in [5.41, 5.74) is -0.743. The number of aliphatic carboxylic acids is 1. The van der Waals surface area contributed by atoms with E-state index in [0.717, 1.165) is 0 Å². The lowest BCUT2D eigenvalue weighted by atomic mass is 9.90. The van der Waals surface area contributed by atoms with Crippen molar-refractivity contribution < 1.29 is 14.7 Å². The maximum atomic E-state index is 11.4. The van der Waals surface area contributed by atoms with Crippen LogP contribution in [0.5, 0.6) is 0 Å². The molecule has 0 aliphatic carbocycles. The van der Waals surface area contributed by atoms with Crippen molar-refractivity contribution in [1.82, 2.24) is 10.2 Å². The second kappa shape index (κ2) is 5.64. The van der Waals surface area contributed by atoms with E-state index in [-0.39, 0.29) is 12.5 Å². The van der Waals surface area contributed by atoms with Gasteiger partial charge in [0.15, 0.2) is 0 Å². The Hall–Kier alpha value is -1.61. The molecule has 6 nitrogen and oxygen atoms in total. The Morgan fingerprint density at radius 2 is 2.29 bits per heavy atom. The summed E-state index contributed by atoms with van der Waals surface area (Å²) in [7, 11) is 0. The Balaban J connectivity index is 2.33. The number of amides is 1. The van der Waals surface area contributed by atoms with Crippen molar-refractivity contribution in [2.75, 3.05) is 26.2 Å². The topological polar surface area (TPSA) is 93.4 Å². The van der Waals surface area contributed by atoms with E-state index in [9.17, 15) is 9.59 Å². The molecule has 17 heavy (non-hydrogen) atoms. The molecule has 0 aromatic rings. The van der Waals surface area contributed by atoms with Crippen molar-refractivity contribution in [3.8, 4) is 6.07 Å². The smallest absolute Gasteiger partial charge is 0.310 e. The van der Waals surface area contributed by atoms with Gasteiger partial charge in [0.2, 0.25) is 5.91 Å². The molecule has 1 unspecified atom stereocenters. The second-order valence-electron chi connectivity index (χ2n) is 4.58. The number of hydrogen-bond donors (Lipinski definition) is 2. The van der Waals surface area contributed by atoms with E-state index in [1.54, 1.807) is 6.92 Å². The standard InChI is InChI=1S/C11H17N3O3/c1-11(10(16)17)3-6-14(8-11)7-9(15)13-5-2-4-12/h2-3,5-8H2,1H3,(H,13,15)(H,16,17). The zero-order valence-electron chi connectivity index (χ0n) is 9.90. The molecule has 2 N–H and O–H groups in total. The molecular weight excluding hydrogens is 222 g/mol. The summed E-state index contributed by atoms with van der Waals surface area (Å²) in [5, 5.41) is 20.0. The molecule has 1 saturated heterocycles. The van der Waals surface area contributed by atoms with Gasteiger partial charge in [-0.15, -0.1) is 0 Å². The van der Waals surface area contributed by atoms with Crippen molar-refractivity contribution in [1.29, 1.82) is 5.26 Å². The highest BCUT2D eigenvalue weighted by molar-refractivity contribution is 5.79. The molecule has 94 valence electrons. The number of nitrogens with zero attached hydrogens (tertiary/aromatic N) is 2. The molecular formula is C11H17N3O3. The van der Waals surface area contributed by atoms with Crippen LogP contribution in [-0.2, 0) is 9.59 Å². The van der Waals surface area contributed by atoms with Crippen LogP contribution in [0.15, 0.2) is 0 Å². The van der Waals surface area contributed by atoms with Crippen LogP contribution in [0.4, 0.5) is 0 Å². The first-order chi connectivity index (χ1) is 7.98. The van der Waals surface area contributed by atoms with Gasteiger partial charge in [-0.25, -0.2) is 0 Å². The largest absolute Gasteiger partial charge is 0.481 e. The number of nitriles is 1. The highest BCUT2D eigenvalue weighted by Crippen LogP contribution is 2.29. The average molecular weight is 239 g/mol. The van der Waals surface area contributed by atoms with E-state index < -0.39 is 11.4 Å². The van der Waals surface area contributed by atoms with E-state index in [2.05, 4.69) is 5.32 Å². The number of rotatable bonds is 5. The molecule has 0 aromatic heterocycles. The molecule has 0 saturated carbocycles. The summed E-state index contributed by atoms with van der Waals surface area (Å²) < 4.78 is 0. The van der Waals surface area contributed by atoms with Crippen molar-refractivity contribution >= 4 is 11.9 Å². The third-order valence-corrected chi connectivity index (χ3v) is 2.99. The average Bonchev–Trinajstić information content (AvgIpc) is 2.62. The van der Waals surface area contributed by atoms with Gasteiger partial charge in [-0.2, -0.15) is 5.26 Å². The molecule has 1 atom stereocenters. The van der Waals surface area contributed by atoms with Crippen LogP contribution in [0.1, 0.15) is 19.8 Å². The lowest BCUT2D eigenvalue weighted by Gasteiger charge is -2.19. The van der Waals surface area contributed by atoms with E-state index in [1.807, 2.05) is 11.0 Å². The highest BCUT2D eigenvalue weighted by Gasteiger charge is 2.40. The van der Waals surface area contributed by atoms with Crippen LogP contribution in [0.3, 0.4) is 0 Å². The Kier molecular flexibility index (Phi) is 4.46. The van der Waals surface area contributed by atoms with Gasteiger partial charge in [0, 0.05) is 13.1 Å². The van der Waals surface area contributed by atoms with Gasteiger partial charge in [0.1, 0.15) is 0 Å². The van der Waals surface area contributed by atoms with E-state index in [4.69, 9.17) is 10.4 Å². The SMILES string of the molecule is CC1(C(=O)O)CCN(CC(=O)NCCC#N)C1. The number of carboxylic acids is 1. The molecule has 1 rings (SSSR count). The number of likely N-dealkylation sites (tertiary alicyclic amines) is 1. The van der Waals surface area contributed by atoms with E-state index >= 15 is 0 Å². The maximum absolute atomic E-state index is 11.4. The minimum atomic E-state index is -0.815. The molecule has 0 bridgehead atoms. The Labute approximate surface area is 100 Å². The predicted molar refractivity (Wildman–Crippen MR) is 60.0 cm³/mol. The number of carboxylic acid groups (broad SMARTS) is 1. The van der Waals surface area contributed by atoms with Crippen molar-refractivity contribution in [3.63, 3.8) is 0 Å². The number of hydrogen-bond acceptors (Lipinski definition) is 4. The third kappa shape index (κ3) is 3.71. The first-order valence-corrected chi connectivity index (χ1v) is 5.57. The zero-order chi connectivity index (χ0) is 12.9. The minimum absolute atomic E-state index is 0.158. The fourth-order valence-corrected chi connectivity index (χ4v) is 1.88. The van der Waals surface area contributed by atoms with Crippen molar-refractivity contribution in [3.05, 3.63) is 0 Å². The maximum Gasteiger partial charge on any atom is 0.310 e. The predicted octanol–water partition coefficient (Wildman–Crippen LogP) is -0.187. The van der Waals surface area contributed by atoms with Gasteiger partial charge in [0.05, 0.1) is 24.4 Å². The first kappa shape index (κ1) is 13.5. The normalized spacial score (nSPS) is 24.2. The summed E-state index contributed by atoms with van der Waals surface area (Å²) in [5.74, 6) is -0.972. The summed E-state index contributed by atoms with van der Waals surface area (Å²) >= 11 is 0. The Bertz CT molecular complexity index is 350. The molecule has 1 aliphatic heterocycles. The van der Waals surface area contributed by atoms with Gasteiger partial charge in [-0.05, 0) is 19.9 Å². The monoisotopic (exact) mass is 239 g/mol. The minimum Gasteiger partial charge on any atom is -0.481 e. The quantitative estimate of drug-likeness (QED) is 0.649. The molecule has 6 heteroatoms. The van der Waals surface area contributed by atoms with Gasteiger partial charge in [-0.3, -0.25) is 14.5 Å². The van der Waals surface area contributed by atoms with Gasteiger partial charge >= 0.3 is 5.97 Å². The second-order valence-corrected chi connectivity index (χ2v) is 4.58. The zero-order valence-corrected chi connectivity index (χ0v) is 9.90. The third-order valence-electron chi connectivity index (χ3n) is 2.99. The number of carbonyl (C=O) groups is 2. The number of carbonyl (C=O) groups excluding carboxylic acids is 1. The first-order valence-electron chi connectivity index (χ1n) is 5.57. The van der Waals surface area contributed by atoms with Crippen LogP contribution in [0.2, 0.25) is 0 Å². The summed E-state index contributed by atoms with van der Waals surface area (Å²) in [6, 6.07) is 1.94. The Morgan fingerprint density at radius 1 is 1.59 bits per heavy atom. The molecule has 1 fully saturated rings. The van der Waals surface area contributed by atoms with Crippen LogP contribution in [0.25, 0.3) is 0 Å². The van der Waals surface area contributed by atoms with Gasteiger partial charge in [-0.1, -0.05) is 0 Å². The highest BCUT2D eigenvalue weighted by atomic mass is 16.4. The van der Waals surface area contributed by atoms with Crippen molar-refractivity contribution in [2.24, 2.45) is 5.41 Å². The number of nitrogens with one attached hydrogen (secondary N) is 1. The fourth-order valence-electron chi connectivity index (χ4n) is 1.88. The molecule has 0 aromatic carbocycles. The van der Waals surface area contributed by atoms with E-state index in [0.29, 0.717) is 32.5 Å². The molecule has 0 spiro atoms. The summed E-state index contributed by atoms with van der Waals surface area (Å²) in [6.45, 7) is 3.26. The fraction of sp³-hybridized carbons (Fsp3) is 0.727. The molecule has 0 radical (unpaired) electrons. The molecule has 1 amide bonds. The lowest BCUT2D eigenvalue weighted by Crippen LogP contribution is -2.38. The van der Waals surface area contributed by atoms with Crippen LogP contribution in [-0.4, -0.2) is 48.1 Å². The van der Waals surface area contributed by atoms with Crippen LogP contribution < -0.4 is 5.32 Å². The van der Waals surface area contributed by atoms with Gasteiger partial charge in [0.25, 0.3) is 0 Å². The molecule has 1 aliphatic rings. The van der Waals surface area contributed by atoms with Crippen LogP contribution >= 0.6 is 0 Å². The Morgan fingerprint density at radius 3 is 2.82 bits per heavy atom. The summed E-state index contributed by atoms with van der Waals surface area (Å²) in [4.78, 5) is 24.3.